The standard InChI is InChI=1S/C8H18O5/c1-4(2)6(11)8(13)7(12)5(10)3-9/h4-13H,3H2,1-2H3/t5-,6+,7-,8+/m1/s1. The minimum Gasteiger partial charge on any atom is -0.394 e. The smallest absolute Gasteiger partial charge is 0.110 e. The van der Waals surface area contributed by atoms with Crippen molar-refractivity contribution in [2.45, 2.75) is 38.3 Å². The third kappa shape index (κ3) is 3.58. The maximum atomic E-state index is 9.31. The van der Waals surface area contributed by atoms with Crippen LogP contribution in [0.1, 0.15) is 13.8 Å². The molecule has 5 N–H and O–H groups in total. The van der Waals surface area contributed by atoms with E-state index in [0.29, 0.717) is 0 Å². The highest BCUT2D eigenvalue weighted by atomic mass is 16.4. The number of rotatable bonds is 5. The molecule has 0 amide bonds. The summed E-state index contributed by atoms with van der Waals surface area (Å²) in [6.45, 7) is 2.70. The van der Waals surface area contributed by atoms with Gasteiger partial charge in [-0.25, -0.2) is 0 Å². The number of hydrogen-bond donors (Lipinski definition) is 5. The zero-order chi connectivity index (χ0) is 10.6. The van der Waals surface area contributed by atoms with E-state index < -0.39 is 31.0 Å². The van der Waals surface area contributed by atoms with Crippen molar-refractivity contribution in [3.63, 3.8) is 0 Å². The minimum atomic E-state index is -1.53. The summed E-state index contributed by atoms with van der Waals surface area (Å²) in [7, 11) is 0. The first kappa shape index (κ1) is 12.8. The molecule has 0 aliphatic carbocycles. The third-order valence-electron chi connectivity index (χ3n) is 1.96. The largest absolute Gasteiger partial charge is 0.394 e. The van der Waals surface area contributed by atoms with Crippen molar-refractivity contribution in [3.05, 3.63) is 0 Å². The molecule has 0 aromatic heterocycles. The highest BCUT2D eigenvalue weighted by Gasteiger charge is 2.31. The van der Waals surface area contributed by atoms with Crippen molar-refractivity contribution in [2.24, 2.45) is 5.92 Å². The van der Waals surface area contributed by atoms with E-state index in [1.807, 2.05) is 0 Å². The van der Waals surface area contributed by atoms with Gasteiger partial charge in [0, 0.05) is 0 Å². The lowest BCUT2D eigenvalue weighted by molar-refractivity contribution is -0.124. The lowest BCUT2D eigenvalue weighted by atomic mass is 9.95. The maximum absolute atomic E-state index is 9.31. The van der Waals surface area contributed by atoms with Gasteiger partial charge in [-0.15, -0.1) is 0 Å². The Kier molecular flexibility index (Phi) is 5.43. The van der Waals surface area contributed by atoms with Crippen LogP contribution in [0.15, 0.2) is 0 Å². The minimum absolute atomic E-state index is 0.226. The lowest BCUT2D eigenvalue weighted by Crippen LogP contribution is -2.47. The van der Waals surface area contributed by atoms with Crippen molar-refractivity contribution in [1.29, 1.82) is 0 Å². The van der Waals surface area contributed by atoms with Gasteiger partial charge in [-0.1, -0.05) is 13.8 Å². The molecule has 5 nitrogen and oxygen atoms in total. The Bertz CT molecular complexity index is 138. The van der Waals surface area contributed by atoms with Gasteiger partial charge in [-0.05, 0) is 5.92 Å². The van der Waals surface area contributed by atoms with Crippen LogP contribution in [0, 0.1) is 5.92 Å². The van der Waals surface area contributed by atoms with E-state index in [0.717, 1.165) is 0 Å². The molecule has 0 aromatic rings. The first-order valence-corrected chi connectivity index (χ1v) is 4.25. The number of aliphatic hydroxyl groups excluding tert-OH is 5. The summed E-state index contributed by atoms with van der Waals surface area (Å²) in [5.41, 5.74) is 0. The van der Waals surface area contributed by atoms with E-state index in [9.17, 15) is 15.3 Å². The van der Waals surface area contributed by atoms with E-state index in [2.05, 4.69) is 0 Å². The summed E-state index contributed by atoms with van der Waals surface area (Å²) in [6.07, 6.45) is -5.51. The van der Waals surface area contributed by atoms with Crippen LogP contribution in [-0.4, -0.2) is 56.6 Å². The highest BCUT2D eigenvalue weighted by molar-refractivity contribution is 4.81. The molecule has 0 unspecified atom stereocenters. The normalized spacial score (nSPS) is 21.2. The van der Waals surface area contributed by atoms with Gasteiger partial charge in [0.05, 0.1) is 12.7 Å². The monoisotopic (exact) mass is 194 g/mol. The summed E-state index contributed by atoms with van der Waals surface area (Å²) in [5.74, 6) is -0.226. The Morgan fingerprint density at radius 1 is 0.846 bits per heavy atom. The van der Waals surface area contributed by atoms with E-state index in [1.54, 1.807) is 13.8 Å². The van der Waals surface area contributed by atoms with Gasteiger partial charge in [0.15, 0.2) is 0 Å². The first-order chi connectivity index (χ1) is 5.91. The molecule has 0 rings (SSSR count). The van der Waals surface area contributed by atoms with Crippen molar-refractivity contribution in [3.8, 4) is 0 Å². The molecule has 0 heterocycles. The van der Waals surface area contributed by atoms with Crippen LogP contribution in [0.3, 0.4) is 0 Å². The van der Waals surface area contributed by atoms with Gasteiger partial charge in [0.2, 0.25) is 0 Å². The molecule has 0 aliphatic heterocycles. The van der Waals surface area contributed by atoms with Gasteiger partial charge in [-0.2, -0.15) is 0 Å². The second-order valence-electron chi connectivity index (χ2n) is 3.47. The topological polar surface area (TPSA) is 101 Å². The molecular formula is C8H18O5. The summed E-state index contributed by atoms with van der Waals surface area (Å²) in [5, 5.41) is 45.2. The van der Waals surface area contributed by atoms with Crippen LogP contribution in [0.5, 0.6) is 0 Å². The van der Waals surface area contributed by atoms with E-state index in [4.69, 9.17) is 10.2 Å². The molecule has 0 spiro atoms. The number of hydrogen-bond acceptors (Lipinski definition) is 5. The Balaban J connectivity index is 4.15. The van der Waals surface area contributed by atoms with E-state index >= 15 is 0 Å². The van der Waals surface area contributed by atoms with Gasteiger partial charge >= 0.3 is 0 Å². The van der Waals surface area contributed by atoms with Gasteiger partial charge in [0.1, 0.15) is 18.3 Å². The predicted molar refractivity (Wildman–Crippen MR) is 46.0 cm³/mol. The average Bonchev–Trinajstić information content (AvgIpc) is 2.12. The second kappa shape index (κ2) is 5.51. The first-order valence-electron chi connectivity index (χ1n) is 4.25. The quantitative estimate of drug-likeness (QED) is 0.351. The van der Waals surface area contributed by atoms with Crippen molar-refractivity contribution in [2.75, 3.05) is 6.61 Å². The summed E-state index contributed by atoms with van der Waals surface area (Å²) >= 11 is 0. The molecule has 0 aliphatic rings. The van der Waals surface area contributed by atoms with E-state index in [-0.39, 0.29) is 5.92 Å². The lowest BCUT2D eigenvalue weighted by Gasteiger charge is -2.27. The molecule has 4 atom stereocenters. The fourth-order valence-electron chi connectivity index (χ4n) is 0.932. The van der Waals surface area contributed by atoms with E-state index in [1.165, 1.54) is 0 Å². The Morgan fingerprint density at radius 2 is 1.31 bits per heavy atom. The van der Waals surface area contributed by atoms with Gasteiger partial charge in [0.25, 0.3) is 0 Å². The molecule has 80 valence electrons. The average molecular weight is 194 g/mol. The summed E-state index contributed by atoms with van der Waals surface area (Å²) in [6, 6.07) is 0. The van der Waals surface area contributed by atoms with Gasteiger partial charge < -0.3 is 25.5 Å². The summed E-state index contributed by atoms with van der Waals surface area (Å²) < 4.78 is 0. The van der Waals surface area contributed by atoms with Crippen LogP contribution in [0.25, 0.3) is 0 Å². The Labute approximate surface area is 77.3 Å². The van der Waals surface area contributed by atoms with Crippen molar-refractivity contribution >= 4 is 0 Å². The fourth-order valence-corrected chi connectivity index (χ4v) is 0.932. The van der Waals surface area contributed by atoms with Crippen LogP contribution in [-0.2, 0) is 0 Å². The van der Waals surface area contributed by atoms with Crippen LogP contribution in [0.2, 0.25) is 0 Å². The fraction of sp³-hybridized carbons (Fsp3) is 1.00. The molecule has 0 radical (unpaired) electrons. The molecule has 0 saturated carbocycles. The second-order valence-corrected chi connectivity index (χ2v) is 3.47. The summed E-state index contributed by atoms with van der Waals surface area (Å²) in [4.78, 5) is 0. The molecular weight excluding hydrogens is 176 g/mol. The van der Waals surface area contributed by atoms with Gasteiger partial charge in [-0.3, -0.25) is 0 Å². The molecule has 5 heteroatoms. The zero-order valence-corrected chi connectivity index (χ0v) is 7.83. The Hall–Kier alpha value is -0.200. The predicted octanol–water partition coefficient (Wildman–Crippen LogP) is -1.92. The zero-order valence-electron chi connectivity index (χ0n) is 7.83. The molecule has 0 bridgehead atoms. The molecule has 13 heavy (non-hydrogen) atoms. The number of aliphatic hydroxyl groups is 5. The molecule has 0 saturated heterocycles. The third-order valence-corrected chi connectivity index (χ3v) is 1.96. The van der Waals surface area contributed by atoms with Crippen molar-refractivity contribution < 1.29 is 25.5 Å². The van der Waals surface area contributed by atoms with Crippen molar-refractivity contribution in [1.82, 2.24) is 0 Å². The highest BCUT2D eigenvalue weighted by Crippen LogP contribution is 2.11. The molecule has 0 fully saturated rings. The van der Waals surface area contributed by atoms with Crippen LogP contribution < -0.4 is 0 Å². The molecule has 0 aromatic carbocycles. The van der Waals surface area contributed by atoms with Crippen LogP contribution in [0.4, 0.5) is 0 Å². The maximum Gasteiger partial charge on any atom is 0.110 e. The SMILES string of the molecule is CC(C)[C@H](O)[C@H](O)[C@H](O)[C@H](O)CO. The van der Waals surface area contributed by atoms with Crippen LogP contribution >= 0.6 is 0 Å². The Morgan fingerprint density at radius 3 is 1.62 bits per heavy atom.